The molecule has 0 saturated carbocycles. The van der Waals surface area contributed by atoms with E-state index in [1.54, 1.807) is 0 Å². The average Bonchev–Trinajstić information content (AvgIpc) is 2.43. The van der Waals surface area contributed by atoms with E-state index in [2.05, 4.69) is 44.9 Å². The lowest BCUT2D eigenvalue weighted by Gasteiger charge is -2.29. The molecule has 0 radical (unpaired) electrons. The maximum Gasteiger partial charge on any atom is 0.188 e. The van der Waals surface area contributed by atoms with Crippen molar-refractivity contribution in [1.29, 1.82) is 0 Å². The van der Waals surface area contributed by atoms with Gasteiger partial charge < -0.3 is 16.2 Å². The average molecular weight is 300 g/mol. The minimum Gasteiger partial charge on any atom is -0.396 e. The van der Waals surface area contributed by atoms with E-state index >= 15 is 0 Å². The Bertz CT molecular complexity index is 286. The Kier molecular flexibility index (Phi) is 10.5. The second-order valence-electron chi connectivity index (χ2n) is 6.75. The summed E-state index contributed by atoms with van der Waals surface area (Å²) in [5.74, 6) is 1.30. The first-order valence-corrected chi connectivity index (χ1v) is 8.56. The van der Waals surface area contributed by atoms with Crippen LogP contribution in [0.15, 0.2) is 4.99 Å². The Morgan fingerprint density at radius 1 is 1.19 bits per heavy atom. The van der Waals surface area contributed by atoms with E-state index in [1.165, 1.54) is 12.8 Å². The molecule has 0 fully saturated rings. The maximum atomic E-state index is 9.22. The van der Waals surface area contributed by atoms with Crippen molar-refractivity contribution in [3.8, 4) is 0 Å². The van der Waals surface area contributed by atoms with E-state index in [0.29, 0.717) is 18.5 Å². The Morgan fingerprint density at radius 3 is 2.29 bits per heavy atom. The second kappa shape index (κ2) is 10.9. The second-order valence-corrected chi connectivity index (χ2v) is 6.75. The molecule has 0 spiro atoms. The predicted molar refractivity (Wildman–Crippen MR) is 92.5 cm³/mol. The van der Waals surface area contributed by atoms with Crippen molar-refractivity contribution in [3.63, 3.8) is 0 Å². The largest absolute Gasteiger partial charge is 0.396 e. The predicted octanol–water partition coefficient (Wildman–Crippen LogP) is 3.29. The molecule has 0 aromatic carbocycles. The van der Waals surface area contributed by atoms with Gasteiger partial charge in [0, 0.05) is 19.2 Å². The fourth-order valence-electron chi connectivity index (χ4n) is 2.60. The number of aliphatic imine (C=N–C) groups is 1. The standard InChI is InChI=1S/C17H37N3O/c1-6-17(7-2,11-12-21)13-19-16(18)20-15(5)10-8-9-14(3)4/h14-15,21H,6-13H2,1-5H3,(H3,18,19,20). The van der Waals surface area contributed by atoms with E-state index in [9.17, 15) is 5.11 Å². The minimum atomic E-state index is 0.0852. The number of guanidine groups is 1. The van der Waals surface area contributed by atoms with Crippen molar-refractivity contribution in [3.05, 3.63) is 0 Å². The molecule has 1 atom stereocenters. The van der Waals surface area contributed by atoms with Crippen molar-refractivity contribution < 1.29 is 5.11 Å². The molecule has 0 aliphatic heterocycles. The van der Waals surface area contributed by atoms with Crippen molar-refractivity contribution in [2.24, 2.45) is 22.1 Å². The van der Waals surface area contributed by atoms with Crippen LogP contribution in [0, 0.1) is 11.3 Å². The topological polar surface area (TPSA) is 70.6 Å². The molecule has 0 saturated heterocycles. The summed E-state index contributed by atoms with van der Waals surface area (Å²) in [6.45, 7) is 11.9. The van der Waals surface area contributed by atoms with Crippen LogP contribution in [-0.2, 0) is 0 Å². The van der Waals surface area contributed by atoms with Crippen LogP contribution in [0.25, 0.3) is 0 Å². The van der Waals surface area contributed by atoms with E-state index in [-0.39, 0.29) is 12.0 Å². The van der Waals surface area contributed by atoms with Crippen LogP contribution in [0.3, 0.4) is 0 Å². The molecule has 0 aromatic heterocycles. The third-order valence-electron chi connectivity index (χ3n) is 4.54. The van der Waals surface area contributed by atoms with Crippen LogP contribution in [0.5, 0.6) is 0 Å². The SMILES string of the molecule is CCC(CC)(CCO)CN=C(N)NC(C)CCCC(C)C. The third kappa shape index (κ3) is 8.97. The first-order valence-electron chi connectivity index (χ1n) is 8.56. The lowest BCUT2D eigenvalue weighted by Crippen LogP contribution is -2.39. The first-order chi connectivity index (χ1) is 9.89. The summed E-state index contributed by atoms with van der Waals surface area (Å²) in [7, 11) is 0. The highest BCUT2D eigenvalue weighted by atomic mass is 16.3. The van der Waals surface area contributed by atoms with Crippen LogP contribution in [0.1, 0.15) is 73.1 Å². The Labute approximate surface area is 131 Å². The van der Waals surface area contributed by atoms with Crippen LogP contribution in [0.4, 0.5) is 0 Å². The molecule has 0 heterocycles. The zero-order valence-corrected chi connectivity index (χ0v) is 14.8. The van der Waals surface area contributed by atoms with Crippen LogP contribution in [0.2, 0.25) is 0 Å². The molecule has 0 aliphatic carbocycles. The molecular formula is C17H37N3O. The zero-order chi connectivity index (χ0) is 16.3. The molecule has 4 N–H and O–H groups in total. The number of nitrogens with zero attached hydrogens (tertiary/aromatic N) is 1. The van der Waals surface area contributed by atoms with Gasteiger partial charge in [-0.05, 0) is 43.9 Å². The van der Waals surface area contributed by atoms with E-state index in [1.807, 2.05) is 0 Å². The van der Waals surface area contributed by atoms with Crippen molar-refractivity contribution in [2.75, 3.05) is 13.2 Å². The number of hydrogen-bond acceptors (Lipinski definition) is 2. The Morgan fingerprint density at radius 2 is 1.81 bits per heavy atom. The van der Waals surface area contributed by atoms with Gasteiger partial charge in [0.2, 0.25) is 0 Å². The van der Waals surface area contributed by atoms with Gasteiger partial charge >= 0.3 is 0 Å². The molecule has 0 amide bonds. The lowest BCUT2D eigenvalue weighted by atomic mass is 9.79. The van der Waals surface area contributed by atoms with Gasteiger partial charge in [0.15, 0.2) is 5.96 Å². The number of nitrogens with one attached hydrogen (secondary N) is 1. The summed E-state index contributed by atoms with van der Waals surface area (Å²) >= 11 is 0. The smallest absolute Gasteiger partial charge is 0.188 e. The van der Waals surface area contributed by atoms with Crippen LogP contribution < -0.4 is 11.1 Å². The van der Waals surface area contributed by atoms with Gasteiger partial charge in [-0.25, -0.2) is 0 Å². The van der Waals surface area contributed by atoms with Gasteiger partial charge in [0.25, 0.3) is 0 Å². The Balaban J connectivity index is 4.27. The first kappa shape index (κ1) is 20.2. The van der Waals surface area contributed by atoms with Crippen molar-refractivity contribution in [1.82, 2.24) is 5.32 Å². The number of nitrogens with two attached hydrogens (primary N) is 1. The van der Waals surface area contributed by atoms with Gasteiger partial charge in [-0.1, -0.05) is 40.5 Å². The van der Waals surface area contributed by atoms with Gasteiger partial charge in [0.1, 0.15) is 0 Å². The van der Waals surface area contributed by atoms with E-state index < -0.39 is 0 Å². The molecule has 21 heavy (non-hydrogen) atoms. The van der Waals surface area contributed by atoms with Gasteiger partial charge in [0.05, 0.1) is 0 Å². The quantitative estimate of drug-likeness (QED) is 0.405. The number of hydrogen-bond donors (Lipinski definition) is 3. The summed E-state index contributed by atoms with van der Waals surface area (Å²) in [5, 5.41) is 12.5. The van der Waals surface area contributed by atoms with E-state index in [4.69, 9.17) is 5.73 Å². The molecule has 0 bridgehead atoms. The highest BCUT2D eigenvalue weighted by Gasteiger charge is 2.25. The summed E-state index contributed by atoms with van der Waals surface area (Å²) in [4.78, 5) is 4.51. The maximum absolute atomic E-state index is 9.22. The highest BCUT2D eigenvalue weighted by molar-refractivity contribution is 5.78. The molecule has 0 aromatic rings. The van der Waals surface area contributed by atoms with Gasteiger partial charge in [-0.2, -0.15) is 0 Å². The summed E-state index contributed by atoms with van der Waals surface area (Å²) in [6, 6.07) is 0.364. The minimum absolute atomic E-state index is 0.0852. The van der Waals surface area contributed by atoms with E-state index in [0.717, 1.165) is 31.6 Å². The monoisotopic (exact) mass is 299 g/mol. The van der Waals surface area contributed by atoms with Crippen LogP contribution >= 0.6 is 0 Å². The summed E-state index contributed by atoms with van der Waals surface area (Å²) in [5.41, 5.74) is 6.08. The van der Waals surface area contributed by atoms with Gasteiger partial charge in [-0.15, -0.1) is 0 Å². The molecular weight excluding hydrogens is 262 g/mol. The van der Waals surface area contributed by atoms with Crippen molar-refractivity contribution >= 4 is 5.96 Å². The molecule has 1 unspecified atom stereocenters. The molecule has 126 valence electrons. The summed E-state index contributed by atoms with van der Waals surface area (Å²) < 4.78 is 0. The van der Waals surface area contributed by atoms with Gasteiger partial charge in [-0.3, -0.25) is 4.99 Å². The molecule has 0 aliphatic rings. The number of rotatable bonds is 11. The zero-order valence-electron chi connectivity index (χ0n) is 14.8. The number of aliphatic hydroxyl groups excluding tert-OH is 1. The lowest BCUT2D eigenvalue weighted by molar-refractivity contribution is 0.175. The number of aliphatic hydroxyl groups is 1. The molecule has 4 nitrogen and oxygen atoms in total. The molecule has 4 heteroatoms. The summed E-state index contributed by atoms with van der Waals surface area (Å²) in [6.07, 6.45) is 6.43. The Hall–Kier alpha value is -0.770. The third-order valence-corrected chi connectivity index (χ3v) is 4.54. The highest BCUT2D eigenvalue weighted by Crippen LogP contribution is 2.30. The fourth-order valence-corrected chi connectivity index (χ4v) is 2.60. The van der Waals surface area contributed by atoms with Crippen molar-refractivity contribution in [2.45, 2.75) is 79.2 Å². The van der Waals surface area contributed by atoms with Crippen LogP contribution in [-0.4, -0.2) is 30.3 Å². The molecule has 0 rings (SSSR count). The normalized spacial score (nSPS) is 14.5. The fraction of sp³-hybridized carbons (Fsp3) is 0.941.